The molecule has 1 aliphatic carbocycles. The van der Waals surface area contributed by atoms with Gasteiger partial charge in [0.25, 0.3) is 5.91 Å². The van der Waals surface area contributed by atoms with Crippen LogP contribution in [0.15, 0.2) is 24.4 Å². The molecule has 0 radical (unpaired) electrons. The number of benzene rings is 1. The number of amides is 1. The Morgan fingerprint density at radius 3 is 2.52 bits per heavy atom. The van der Waals surface area contributed by atoms with Crippen LogP contribution in [0.5, 0.6) is 0 Å². The third-order valence-corrected chi connectivity index (χ3v) is 5.11. The SMILES string of the molecule is Cc1c(C(=O)NC(C)c2ccc3c(c2)CCCC3)cnn1C(C)(C)C. The smallest absolute Gasteiger partial charge is 0.255 e. The molecule has 1 aromatic carbocycles. The van der Waals surface area contributed by atoms with Gasteiger partial charge in [0.15, 0.2) is 0 Å². The number of nitrogens with zero attached hydrogens (tertiary/aromatic N) is 2. The topological polar surface area (TPSA) is 46.9 Å². The zero-order valence-electron chi connectivity index (χ0n) is 16.0. The van der Waals surface area contributed by atoms with Crippen LogP contribution < -0.4 is 5.32 Å². The van der Waals surface area contributed by atoms with E-state index in [1.165, 1.54) is 36.0 Å². The van der Waals surface area contributed by atoms with Crippen LogP contribution in [0.3, 0.4) is 0 Å². The summed E-state index contributed by atoms with van der Waals surface area (Å²) in [5.41, 5.74) is 5.52. The predicted octanol–water partition coefficient (Wildman–Crippen LogP) is 4.32. The number of rotatable bonds is 3. The summed E-state index contributed by atoms with van der Waals surface area (Å²) in [5, 5.41) is 7.53. The first-order valence-electron chi connectivity index (χ1n) is 9.25. The number of hydrogen-bond acceptors (Lipinski definition) is 2. The third kappa shape index (κ3) is 3.63. The fraction of sp³-hybridized carbons (Fsp3) is 0.524. The van der Waals surface area contributed by atoms with Crippen LogP contribution in [0, 0.1) is 6.92 Å². The Balaban J connectivity index is 1.76. The number of carbonyl (C=O) groups excluding carboxylic acids is 1. The predicted molar refractivity (Wildman–Crippen MR) is 101 cm³/mol. The fourth-order valence-electron chi connectivity index (χ4n) is 3.69. The molecule has 0 saturated heterocycles. The van der Waals surface area contributed by atoms with Crippen LogP contribution >= 0.6 is 0 Å². The summed E-state index contributed by atoms with van der Waals surface area (Å²) in [4.78, 5) is 12.7. The van der Waals surface area contributed by atoms with Crippen molar-refractivity contribution in [3.05, 3.63) is 52.3 Å². The molecule has 1 N–H and O–H groups in total. The first-order chi connectivity index (χ1) is 11.8. The molecule has 0 bridgehead atoms. The van der Waals surface area contributed by atoms with E-state index in [0.29, 0.717) is 5.56 Å². The molecule has 134 valence electrons. The zero-order valence-corrected chi connectivity index (χ0v) is 16.0. The molecule has 2 aromatic rings. The molecular weight excluding hydrogens is 310 g/mol. The van der Waals surface area contributed by atoms with E-state index in [0.717, 1.165) is 12.1 Å². The van der Waals surface area contributed by atoms with Crippen molar-refractivity contribution in [3.63, 3.8) is 0 Å². The van der Waals surface area contributed by atoms with Gasteiger partial charge in [-0.1, -0.05) is 18.2 Å². The summed E-state index contributed by atoms with van der Waals surface area (Å²) in [6.45, 7) is 10.3. The van der Waals surface area contributed by atoms with Gasteiger partial charge < -0.3 is 5.32 Å². The van der Waals surface area contributed by atoms with E-state index in [1.54, 1.807) is 6.20 Å². The van der Waals surface area contributed by atoms with Crippen molar-refractivity contribution in [1.29, 1.82) is 0 Å². The molecule has 3 rings (SSSR count). The van der Waals surface area contributed by atoms with E-state index in [4.69, 9.17) is 0 Å². The highest BCUT2D eigenvalue weighted by Crippen LogP contribution is 2.25. The van der Waals surface area contributed by atoms with E-state index in [9.17, 15) is 4.79 Å². The van der Waals surface area contributed by atoms with Gasteiger partial charge in [-0.2, -0.15) is 5.10 Å². The Labute approximate surface area is 150 Å². The Morgan fingerprint density at radius 2 is 1.88 bits per heavy atom. The molecular formula is C21H29N3O. The van der Waals surface area contributed by atoms with Crippen LogP contribution in [-0.2, 0) is 18.4 Å². The van der Waals surface area contributed by atoms with Crippen molar-refractivity contribution in [2.45, 2.75) is 71.9 Å². The van der Waals surface area contributed by atoms with E-state index in [2.05, 4.69) is 49.4 Å². The summed E-state index contributed by atoms with van der Waals surface area (Å²) in [7, 11) is 0. The normalized spacial score (nSPS) is 15.6. The lowest BCUT2D eigenvalue weighted by molar-refractivity contribution is 0.0939. The molecule has 4 nitrogen and oxygen atoms in total. The minimum Gasteiger partial charge on any atom is -0.345 e. The molecule has 1 amide bonds. The van der Waals surface area contributed by atoms with Crippen LogP contribution in [0.1, 0.15) is 79.3 Å². The first-order valence-corrected chi connectivity index (χ1v) is 9.25. The molecule has 0 spiro atoms. The van der Waals surface area contributed by atoms with Gasteiger partial charge in [0.2, 0.25) is 0 Å². The monoisotopic (exact) mass is 339 g/mol. The molecule has 25 heavy (non-hydrogen) atoms. The van der Waals surface area contributed by atoms with Gasteiger partial charge in [-0.05, 0) is 77.0 Å². The standard InChI is InChI=1S/C21H29N3O/c1-14(17-11-10-16-8-6-7-9-18(16)12-17)23-20(25)19-13-22-24(15(19)2)21(3,4)5/h10-14H,6-9H2,1-5H3,(H,23,25). The van der Waals surface area contributed by atoms with Gasteiger partial charge in [-0.3, -0.25) is 9.48 Å². The van der Waals surface area contributed by atoms with Gasteiger partial charge in [0.1, 0.15) is 0 Å². The van der Waals surface area contributed by atoms with E-state index in [-0.39, 0.29) is 17.5 Å². The molecule has 0 saturated carbocycles. The molecule has 0 aliphatic heterocycles. The lowest BCUT2D eigenvalue weighted by Crippen LogP contribution is -2.28. The second-order valence-corrected chi connectivity index (χ2v) is 8.16. The number of hydrogen-bond donors (Lipinski definition) is 1. The van der Waals surface area contributed by atoms with Crippen LogP contribution in [0.4, 0.5) is 0 Å². The Kier molecular flexibility index (Phi) is 4.72. The largest absolute Gasteiger partial charge is 0.345 e. The maximum absolute atomic E-state index is 12.7. The lowest BCUT2D eigenvalue weighted by Gasteiger charge is -2.22. The van der Waals surface area contributed by atoms with Gasteiger partial charge in [0.05, 0.1) is 23.3 Å². The van der Waals surface area contributed by atoms with Crippen molar-refractivity contribution >= 4 is 5.91 Å². The number of aryl methyl sites for hydroxylation is 2. The van der Waals surface area contributed by atoms with Crippen molar-refractivity contribution in [1.82, 2.24) is 15.1 Å². The lowest BCUT2D eigenvalue weighted by atomic mass is 9.89. The number of aromatic nitrogens is 2. The highest BCUT2D eigenvalue weighted by Gasteiger charge is 2.22. The van der Waals surface area contributed by atoms with Crippen molar-refractivity contribution in [2.75, 3.05) is 0 Å². The Hall–Kier alpha value is -2.10. The van der Waals surface area contributed by atoms with E-state index >= 15 is 0 Å². The summed E-state index contributed by atoms with van der Waals surface area (Å²) in [5.74, 6) is -0.0572. The highest BCUT2D eigenvalue weighted by molar-refractivity contribution is 5.95. The summed E-state index contributed by atoms with van der Waals surface area (Å²) < 4.78 is 1.91. The molecule has 4 heteroatoms. The van der Waals surface area contributed by atoms with Crippen LogP contribution in [-0.4, -0.2) is 15.7 Å². The minimum absolute atomic E-state index is 0.0166. The van der Waals surface area contributed by atoms with E-state index < -0.39 is 0 Å². The second-order valence-electron chi connectivity index (χ2n) is 8.16. The quantitative estimate of drug-likeness (QED) is 0.905. The molecule has 1 aliphatic rings. The number of nitrogens with one attached hydrogen (secondary N) is 1. The third-order valence-electron chi connectivity index (χ3n) is 5.11. The summed E-state index contributed by atoms with van der Waals surface area (Å²) in [6.07, 6.45) is 6.57. The molecule has 1 atom stereocenters. The summed E-state index contributed by atoms with van der Waals surface area (Å²) in [6, 6.07) is 6.64. The van der Waals surface area contributed by atoms with Gasteiger partial charge >= 0.3 is 0 Å². The zero-order chi connectivity index (χ0) is 18.2. The fourth-order valence-corrected chi connectivity index (χ4v) is 3.69. The average Bonchev–Trinajstić information content (AvgIpc) is 2.96. The second kappa shape index (κ2) is 6.66. The van der Waals surface area contributed by atoms with Crippen LogP contribution in [0.25, 0.3) is 0 Å². The van der Waals surface area contributed by atoms with Crippen molar-refractivity contribution < 1.29 is 4.79 Å². The highest BCUT2D eigenvalue weighted by atomic mass is 16.1. The van der Waals surface area contributed by atoms with Gasteiger partial charge in [0, 0.05) is 5.69 Å². The molecule has 1 unspecified atom stereocenters. The van der Waals surface area contributed by atoms with Crippen molar-refractivity contribution in [3.8, 4) is 0 Å². The summed E-state index contributed by atoms with van der Waals surface area (Å²) >= 11 is 0. The van der Waals surface area contributed by atoms with Crippen molar-refractivity contribution in [2.24, 2.45) is 0 Å². The van der Waals surface area contributed by atoms with Gasteiger partial charge in [-0.25, -0.2) is 0 Å². The van der Waals surface area contributed by atoms with Crippen LogP contribution in [0.2, 0.25) is 0 Å². The average molecular weight is 339 g/mol. The van der Waals surface area contributed by atoms with E-state index in [1.807, 2.05) is 18.5 Å². The number of fused-ring (bicyclic) bond motifs is 1. The Morgan fingerprint density at radius 1 is 1.20 bits per heavy atom. The molecule has 1 aromatic heterocycles. The maximum Gasteiger partial charge on any atom is 0.255 e. The van der Waals surface area contributed by atoms with Gasteiger partial charge in [-0.15, -0.1) is 0 Å². The minimum atomic E-state index is -0.132. The maximum atomic E-state index is 12.7. The first kappa shape index (κ1) is 17.7. The Bertz CT molecular complexity index is 783. The number of carbonyl (C=O) groups is 1. The molecule has 1 heterocycles. The molecule has 0 fully saturated rings.